The van der Waals surface area contributed by atoms with Crippen molar-refractivity contribution in [2.24, 2.45) is 11.1 Å². The Morgan fingerprint density at radius 3 is 2.67 bits per heavy atom. The zero-order chi connectivity index (χ0) is 10.5. The van der Waals surface area contributed by atoms with E-state index in [1.165, 1.54) is 5.56 Å². The minimum atomic E-state index is 0.370. The quantitative estimate of drug-likeness (QED) is 0.440. The number of rotatable bonds is 2. The predicted molar refractivity (Wildman–Crippen MR) is 60.2 cm³/mol. The van der Waals surface area contributed by atoms with Gasteiger partial charge < -0.3 is 10.5 Å². The van der Waals surface area contributed by atoms with Gasteiger partial charge in [0.15, 0.2) is 0 Å². The number of benzene rings is 1. The van der Waals surface area contributed by atoms with Gasteiger partial charge in [0.05, 0.1) is 0 Å². The first-order valence-corrected chi connectivity index (χ1v) is 5.36. The van der Waals surface area contributed by atoms with Crippen LogP contribution in [0.4, 0.5) is 0 Å². The summed E-state index contributed by atoms with van der Waals surface area (Å²) in [7, 11) is 0. The molecule has 1 aliphatic heterocycles. The molecule has 2 atom stereocenters. The van der Waals surface area contributed by atoms with E-state index in [1.54, 1.807) is 6.21 Å². The average molecular weight is 204 g/mol. The standard InChI is InChI=1S/C12H16N2O/c15-14-9-10-6-7-12(13-8-10)11-4-2-1-3-5-11/h1-5,9-10,12-13,15H,6-8H2/b14-9+. The minimum Gasteiger partial charge on any atom is -0.411 e. The molecule has 80 valence electrons. The summed E-state index contributed by atoms with van der Waals surface area (Å²) < 4.78 is 0. The highest BCUT2D eigenvalue weighted by Crippen LogP contribution is 2.24. The lowest BCUT2D eigenvalue weighted by atomic mass is 9.92. The lowest BCUT2D eigenvalue weighted by Gasteiger charge is -2.27. The monoisotopic (exact) mass is 204 g/mol. The number of hydrogen-bond donors (Lipinski definition) is 2. The van der Waals surface area contributed by atoms with Crippen molar-refractivity contribution in [2.45, 2.75) is 18.9 Å². The summed E-state index contributed by atoms with van der Waals surface area (Å²) in [5, 5.41) is 15.0. The number of nitrogens with zero attached hydrogens (tertiary/aromatic N) is 1. The molecule has 1 heterocycles. The van der Waals surface area contributed by atoms with Gasteiger partial charge in [-0.1, -0.05) is 30.3 Å². The van der Waals surface area contributed by atoms with Crippen LogP contribution in [0.5, 0.6) is 0 Å². The van der Waals surface area contributed by atoms with Gasteiger partial charge >= 0.3 is 0 Å². The molecule has 0 spiro atoms. The molecule has 0 saturated carbocycles. The van der Waals surface area contributed by atoms with Crippen molar-refractivity contribution in [3.05, 3.63) is 35.9 Å². The Morgan fingerprint density at radius 1 is 1.27 bits per heavy atom. The average Bonchev–Trinajstić information content (AvgIpc) is 2.32. The van der Waals surface area contributed by atoms with Crippen LogP contribution >= 0.6 is 0 Å². The van der Waals surface area contributed by atoms with Crippen LogP contribution in [0.1, 0.15) is 24.4 Å². The van der Waals surface area contributed by atoms with Gasteiger partial charge in [-0.15, -0.1) is 5.16 Å². The van der Waals surface area contributed by atoms with E-state index in [0.717, 1.165) is 19.4 Å². The van der Waals surface area contributed by atoms with Gasteiger partial charge in [0.2, 0.25) is 0 Å². The maximum atomic E-state index is 8.44. The van der Waals surface area contributed by atoms with E-state index in [2.05, 4.69) is 34.7 Å². The fourth-order valence-electron chi connectivity index (χ4n) is 2.07. The molecular formula is C12H16N2O. The van der Waals surface area contributed by atoms with Crippen LogP contribution < -0.4 is 5.32 Å². The van der Waals surface area contributed by atoms with Crippen LogP contribution in [0.15, 0.2) is 35.5 Å². The summed E-state index contributed by atoms with van der Waals surface area (Å²) in [6.45, 7) is 0.892. The lowest BCUT2D eigenvalue weighted by Crippen LogP contribution is -2.33. The molecule has 0 aliphatic carbocycles. The van der Waals surface area contributed by atoms with E-state index in [9.17, 15) is 0 Å². The van der Waals surface area contributed by atoms with Gasteiger partial charge in [-0.05, 0) is 18.4 Å². The van der Waals surface area contributed by atoms with Gasteiger partial charge in [0, 0.05) is 24.7 Å². The first kappa shape index (κ1) is 10.2. The topological polar surface area (TPSA) is 44.6 Å². The van der Waals surface area contributed by atoms with Crippen molar-refractivity contribution in [1.82, 2.24) is 5.32 Å². The van der Waals surface area contributed by atoms with E-state index in [-0.39, 0.29) is 0 Å². The maximum absolute atomic E-state index is 8.44. The SMILES string of the molecule is O/N=C/C1CCC(c2ccccc2)NC1. The minimum absolute atomic E-state index is 0.370. The van der Waals surface area contributed by atoms with E-state index in [1.807, 2.05) is 6.07 Å². The van der Waals surface area contributed by atoms with Crippen molar-refractivity contribution < 1.29 is 5.21 Å². The fourth-order valence-corrected chi connectivity index (χ4v) is 2.07. The molecule has 1 saturated heterocycles. The normalized spacial score (nSPS) is 26.9. The zero-order valence-electron chi connectivity index (χ0n) is 8.63. The van der Waals surface area contributed by atoms with Gasteiger partial charge in [0.25, 0.3) is 0 Å². The van der Waals surface area contributed by atoms with Crippen LogP contribution in [0.25, 0.3) is 0 Å². The van der Waals surface area contributed by atoms with Crippen molar-refractivity contribution in [2.75, 3.05) is 6.54 Å². The van der Waals surface area contributed by atoms with Crippen molar-refractivity contribution in [1.29, 1.82) is 0 Å². The fraction of sp³-hybridized carbons (Fsp3) is 0.417. The predicted octanol–water partition coefficient (Wildman–Crippen LogP) is 2.19. The molecule has 0 aromatic heterocycles. The molecule has 15 heavy (non-hydrogen) atoms. The molecule has 1 aromatic rings. The molecule has 0 radical (unpaired) electrons. The second-order valence-corrected chi connectivity index (χ2v) is 3.97. The Balaban J connectivity index is 1.94. The number of oxime groups is 1. The summed E-state index contributed by atoms with van der Waals surface area (Å²) >= 11 is 0. The summed E-state index contributed by atoms with van der Waals surface area (Å²) in [5.74, 6) is 0.370. The number of nitrogens with one attached hydrogen (secondary N) is 1. The highest BCUT2D eigenvalue weighted by molar-refractivity contribution is 5.60. The Bertz CT molecular complexity index is 316. The second kappa shape index (κ2) is 4.94. The highest BCUT2D eigenvalue weighted by atomic mass is 16.4. The van der Waals surface area contributed by atoms with Gasteiger partial charge in [-0.25, -0.2) is 0 Å². The third-order valence-corrected chi connectivity index (χ3v) is 2.93. The van der Waals surface area contributed by atoms with Crippen LogP contribution in [0, 0.1) is 5.92 Å². The van der Waals surface area contributed by atoms with Crippen LogP contribution in [0.3, 0.4) is 0 Å². The second-order valence-electron chi connectivity index (χ2n) is 3.97. The van der Waals surface area contributed by atoms with Gasteiger partial charge in [-0.2, -0.15) is 0 Å². The lowest BCUT2D eigenvalue weighted by molar-refractivity contribution is 0.310. The van der Waals surface area contributed by atoms with Crippen LogP contribution in [-0.4, -0.2) is 18.0 Å². The first-order valence-electron chi connectivity index (χ1n) is 5.36. The molecule has 3 heteroatoms. The summed E-state index contributed by atoms with van der Waals surface area (Å²) in [6, 6.07) is 10.9. The van der Waals surface area contributed by atoms with Crippen molar-refractivity contribution in [3.8, 4) is 0 Å². The maximum Gasteiger partial charge on any atom is 0.0479 e. The van der Waals surface area contributed by atoms with E-state index < -0.39 is 0 Å². The molecule has 2 unspecified atom stereocenters. The number of piperidine rings is 1. The Morgan fingerprint density at radius 2 is 2.07 bits per heavy atom. The third kappa shape index (κ3) is 2.57. The van der Waals surface area contributed by atoms with E-state index in [4.69, 9.17) is 5.21 Å². The van der Waals surface area contributed by atoms with Gasteiger partial charge in [0.1, 0.15) is 0 Å². The zero-order valence-corrected chi connectivity index (χ0v) is 8.63. The molecule has 3 nitrogen and oxygen atoms in total. The molecule has 2 N–H and O–H groups in total. The van der Waals surface area contributed by atoms with Crippen LogP contribution in [-0.2, 0) is 0 Å². The molecule has 1 aliphatic rings. The Kier molecular flexibility index (Phi) is 3.35. The van der Waals surface area contributed by atoms with Crippen molar-refractivity contribution in [3.63, 3.8) is 0 Å². The summed E-state index contributed by atoms with van der Waals surface area (Å²) in [6.07, 6.45) is 3.80. The molecule has 1 fully saturated rings. The van der Waals surface area contributed by atoms with Crippen LogP contribution in [0.2, 0.25) is 0 Å². The first-order chi connectivity index (χ1) is 7.40. The smallest absolute Gasteiger partial charge is 0.0479 e. The summed E-state index contributed by atoms with van der Waals surface area (Å²) in [4.78, 5) is 0. The third-order valence-electron chi connectivity index (χ3n) is 2.93. The van der Waals surface area contributed by atoms with Crippen molar-refractivity contribution >= 4 is 6.21 Å². The molecular weight excluding hydrogens is 188 g/mol. The number of hydrogen-bond acceptors (Lipinski definition) is 3. The largest absolute Gasteiger partial charge is 0.411 e. The molecule has 1 aromatic carbocycles. The molecule has 0 bridgehead atoms. The van der Waals surface area contributed by atoms with Gasteiger partial charge in [-0.3, -0.25) is 0 Å². The van der Waals surface area contributed by atoms with E-state index >= 15 is 0 Å². The van der Waals surface area contributed by atoms with E-state index in [0.29, 0.717) is 12.0 Å². The Labute approximate surface area is 89.8 Å². The molecule has 2 rings (SSSR count). The Hall–Kier alpha value is -1.35. The molecule has 0 amide bonds. The summed E-state index contributed by atoms with van der Waals surface area (Å²) in [5.41, 5.74) is 1.34. The highest BCUT2D eigenvalue weighted by Gasteiger charge is 2.20.